The maximum absolute atomic E-state index is 7.01. The third-order valence-corrected chi connectivity index (χ3v) is 1.39. The maximum atomic E-state index is 7.01. The predicted molar refractivity (Wildman–Crippen MR) is 37.7 cm³/mol. The number of methoxy groups -OCH3 is 1. The van der Waals surface area contributed by atoms with Crippen molar-refractivity contribution in [1.29, 1.82) is 5.41 Å². The van der Waals surface area contributed by atoms with E-state index in [9.17, 15) is 0 Å². The van der Waals surface area contributed by atoms with Crippen LogP contribution in [0, 0.1) is 5.41 Å². The van der Waals surface area contributed by atoms with Gasteiger partial charge in [-0.05, 0) is 6.26 Å². The summed E-state index contributed by atoms with van der Waals surface area (Å²) in [6.45, 7) is 0. The van der Waals surface area contributed by atoms with Gasteiger partial charge in [-0.25, -0.2) is 0 Å². The van der Waals surface area contributed by atoms with Crippen LogP contribution in [0.25, 0.3) is 0 Å². The minimum Gasteiger partial charge on any atom is -0.484 e. The van der Waals surface area contributed by atoms with Crippen molar-refractivity contribution in [3.8, 4) is 0 Å². The quantitative estimate of drug-likeness (QED) is 0.466. The first-order chi connectivity index (χ1) is 3.81. The minimum absolute atomic E-state index is 0.374. The molecular weight excluding hydrogens is 122 g/mol. The molecule has 48 valence electrons. The molecule has 8 heavy (non-hydrogen) atoms. The van der Waals surface area contributed by atoms with Gasteiger partial charge in [-0.3, -0.25) is 5.41 Å². The van der Waals surface area contributed by atoms with Gasteiger partial charge in [0, 0.05) is 12.2 Å². The lowest BCUT2D eigenvalue weighted by Gasteiger charge is -1.97. The molecule has 0 aliphatic heterocycles. The standard InChI is InChI=1S/C5H11NOS/c1-7-5(6)3-4-8-2/h6H,3-4H2,1-2H3. The SMILES string of the molecule is COC(=N)CCSC. The summed E-state index contributed by atoms with van der Waals surface area (Å²) in [7, 11) is 1.53. The van der Waals surface area contributed by atoms with E-state index in [-0.39, 0.29) is 0 Å². The molecule has 0 rings (SSSR count). The van der Waals surface area contributed by atoms with Gasteiger partial charge in [-0.1, -0.05) is 0 Å². The highest BCUT2D eigenvalue weighted by Gasteiger charge is 1.90. The Bertz CT molecular complexity index is 74.8. The molecule has 0 bridgehead atoms. The fraction of sp³-hybridized carbons (Fsp3) is 0.800. The third-order valence-electron chi connectivity index (χ3n) is 0.780. The lowest BCUT2D eigenvalue weighted by Crippen LogP contribution is -1.99. The summed E-state index contributed by atoms with van der Waals surface area (Å²) in [6.07, 6.45) is 2.76. The molecule has 0 saturated carbocycles. The molecule has 0 atom stereocenters. The monoisotopic (exact) mass is 133 g/mol. The van der Waals surface area contributed by atoms with Crippen LogP contribution < -0.4 is 0 Å². The van der Waals surface area contributed by atoms with Crippen molar-refractivity contribution in [3.63, 3.8) is 0 Å². The Kier molecular flexibility index (Phi) is 4.85. The molecule has 0 aromatic carbocycles. The number of ether oxygens (including phenoxy) is 1. The average molecular weight is 133 g/mol. The molecule has 2 nitrogen and oxygen atoms in total. The van der Waals surface area contributed by atoms with E-state index >= 15 is 0 Å². The van der Waals surface area contributed by atoms with Crippen LogP contribution in [0.2, 0.25) is 0 Å². The van der Waals surface area contributed by atoms with Crippen molar-refractivity contribution in [2.45, 2.75) is 6.42 Å². The Hall–Kier alpha value is -0.180. The molecule has 0 aromatic rings. The molecule has 3 heteroatoms. The van der Waals surface area contributed by atoms with Crippen LogP contribution in [0.15, 0.2) is 0 Å². The molecule has 1 N–H and O–H groups in total. The molecule has 0 heterocycles. The van der Waals surface area contributed by atoms with E-state index in [0.29, 0.717) is 5.90 Å². The van der Waals surface area contributed by atoms with Crippen molar-refractivity contribution in [2.75, 3.05) is 19.1 Å². The average Bonchev–Trinajstić information content (AvgIpc) is 1.83. The largest absolute Gasteiger partial charge is 0.484 e. The van der Waals surface area contributed by atoms with Crippen LogP contribution in [0.3, 0.4) is 0 Å². The first kappa shape index (κ1) is 7.82. The topological polar surface area (TPSA) is 33.1 Å². The van der Waals surface area contributed by atoms with E-state index in [1.807, 2.05) is 6.26 Å². The second kappa shape index (κ2) is 4.97. The molecule has 0 aliphatic carbocycles. The number of thioether (sulfide) groups is 1. The summed E-state index contributed by atoms with van der Waals surface area (Å²) in [4.78, 5) is 0. The van der Waals surface area contributed by atoms with Crippen LogP contribution in [0.5, 0.6) is 0 Å². The van der Waals surface area contributed by atoms with Crippen molar-refractivity contribution < 1.29 is 4.74 Å². The molecule has 0 radical (unpaired) electrons. The number of rotatable bonds is 3. The predicted octanol–water partition coefficient (Wildman–Crippen LogP) is 1.36. The normalized spacial score (nSPS) is 8.75. The zero-order valence-corrected chi connectivity index (χ0v) is 6.05. The Morgan fingerprint density at radius 1 is 1.75 bits per heavy atom. The van der Waals surface area contributed by atoms with E-state index in [1.165, 1.54) is 7.11 Å². The molecule has 0 unspecified atom stereocenters. The summed E-state index contributed by atoms with van der Waals surface area (Å²) in [5.74, 6) is 1.35. The van der Waals surface area contributed by atoms with Gasteiger partial charge in [0.05, 0.1) is 7.11 Å². The number of hydrogen-bond acceptors (Lipinski definition) is 3. The van der Waals surface area contributed by atoms with Gasteiger partial charge in [0.1, 0.15) is 0 Å². The first-order valence-electron chi connectivity index (χ1n) is 2.41. The minimum atomic E-state index is 0.374. The van der Waals surface area contributed by atoms with E-state index in [2.05, 4.69) is 4.74 Å². The van der Waals surface area contributed by atoms with Gasteiger partial charge < -0.3 is 4.74 Å². The van der Waals surface area contributed by atoms with Crippen LogP contribution in [0.1, 0.15) is 6.42 Å². The van der Waals surface area contributed by atoms with Gasteiger partial charge in [0.15, 0.2) is 5.90 Å². The number of nitrogens with one attached hydrogen (secondary N) is 1. The molecular formula is C5H11NOS. The summed E-state index contributed by atoms with van der Waals surface area (Å²) in [6, 6.07) is 0. The fourth-order valence-electron chi connectivity index (χ4n) is 0.297. The van der Waals surface area contributed by atoms with Crippen molar-refractivity contribution in [1.82, 2.24) is 0 Å². The lowest BCUT2D eigenvalue weighted by atomic mass is 10.5. The van der Waals surface area contributed by atoms with Gasteiger partial charge in [0.2, 0.25) is 0 Å². The van der Waals surface area contributed by atoms with Crippen LogP contribution in [0.4, 0.5) is 0 Å². The zero-order chi connectivity index (χ0) is 6.41. The summed E-state index contributed by atoms with van der Waals surface area (Å²) < 4.78 is 4.62. The third kappa shape index (κ3) is 3.99. The summed E-state index contributed by atoms with van der Waals surface area (Å²) in [5.41, 5.74) is 0. The Morgan fingerprint density at radius 2 is 2.38 bits per heavy atom. The van der Waals surface area contributed by atoms with Crippen molar-refractivity contribution in [2.24, 2.45) is 0 Å². The van der Waals surface area contributed by atoms with E-state index in [1.54, 1.807) is 11.8 Å². The smallest absolute Gasteiger partial charge is 0.180 e. The lowest BCUT2D eigenvalue weighted by molar-refractivity contribution is 0.389. The Morgan fingerprint density at radius 3 is 2.75 bits per heavy atom. The zero-order valence-electron chi connectivity index (χ0n) is 5.23. The highest BCUT2D eigenvalue weighted by molar-refractivity contribution is 7.98. The van der Waals surface area contributed by atoms with Crippen molar-refractivity contribution in [3.05, 3.63) is 0 Å². The number of hydrogen-bond donors (Lipinski definition) is 1. The molecule has 0 saturated heterocycles. The maximum Gasteiger partial charge on any atom is 0.180 e. The van der Waals surface area contributed by atoms with Gasteiger partial charge >= 0.3 is 0 Å². The second-order valence-electron chi connectivity index (χ2n) is 1.37. The Balaban J connectivity index is 2.99. The van der Waals surface area contributed by atoms with Crippen LogP contribution in [-0.2, 0) is 4.74 Å². The van der Waals surface area contributed by atoms with Gasteiger partial charge in [-0.2, -0.15) is 11.8 Å². The fourth-order valence-corrected chi connectivity index (χ4v) is 0.686. The molecule has 0 spiro atoms. The van der Waals surface area contributed by atoms with Gasteiger partial charge in [0.25, 0.3) is 0 Å². The van der Waals surface area contributed by atoms with Crippen molar-refractivity contribution >= 4 is 17.7 Å². The highest BCUT2D eigenvalue weighted by atomic mass is 32.2. The molecule has 0 aromatic heterocycles. The van der Waals surface area contributed by atoms with Crippen LogP contribution >= 0.6 is 11.8 Å². The summed E-state index contributed by atoms with van der Waals surface area (Å²) in [5, 5.41) is 7.01. The molecule has 0 amide bonds. The van der Waals surface area contributed by atoms with Crippen LogP contribution in [-0.4, -0.2) is 25.0 Å². The molecule has 0 aliphatic rings. The van der Waals surface area contributed by atoms with E-state index in [4.69, 9.17) is 5.41 Å². The second-order valence-corrected chi connectivity index (χ2v) is 2.36. The van der Waals surface area contributed by atoms with E-state index in [0.717, 1.165) is 12.2 Å². The van der Waals surface area contributed by atoms with Gasteiger partial charge in [-0.15, -0.1) is 0 Å². The highest BCUT2D eigenvalue weighted by Crippen LogP contribution is 1.95. The van der Waals surface area contributed by atoms with E-state index < -0.39 is 0 Å². The molecule has 0 fully saturated rings. The Labute approximate surface area is 54.1 Å². The summed E-state index contributed by atoms with van der Waals surface area (Å²) >= 11 is 1.72. The first-order valence-corrected chi connectivity index (χ1v) is 3.81.